The summed E-state index contributed by atoms with van der Waals surface area (Å²) in [5.41, 5.74) is 3.08. The number of allylic oxidation sites excluding steroid dienone is 1. The van der Waals surface area contributed by atoms with Crippen LogP contribution in [0.3, 0.4) is 0 Å². The van der Waals surface area contributed by atoms with Gasteiger partial charge in [0.25, 0.3) is 0 Å². The summed E-state index contributed by atoms with van der Waals surface area (Å²) >= 11 is 0. The summed E-state index contributed by atoms with van der Waals surface area (Å²) < 4.78 is 0. The van der Waals surface area contributed by atoms with Crippen molar-refractivity contribution in [2.75, 3.05) is 0 Å². The van der Waals surface area contributed by atoms with E-state index >= 15 is 0 Å². The molecule has 0 saturated heterocycles. The molecule has 1 atom stereocenters. The third-order valence-corrected chi connectivity index (χ3v) is 6.73. The highest BCUT2D eigenvalue weighted by Crippen LogP contribution is 2.47. The zero-order valence-corrected chi connectivity index (χ0v) is 17.9. The number of hydrogen-bond donors (Lipinski definition) is 1. The molecule has 0 radical (unpaired) electrons. The lowest BCUT2D eigenvalue weighted by molar-refractivity contribution is 0.0696. The number of carbonyl (C=O) groups excluding carboxylic acids is 1. The zero-order valence-electron chi connectivity index (χ0n) is 17.9. The molecule has 0 amide bonds. The molecule has 1 heterocycles. The summed E-state index contributed by atoms with van der Waals surface area (Å²) in [4.78, 5) is 29.4. The van der Waals surface area contributed by atoms with E-state index in [4.69, 9.17) is 5.11 Å². The first-order valence-corrected chi connectivity index (χ1v) is 10.3. The highest BCUT2D eigenvalue weighted by atomic mass is 16.4. The highest BCUT2D eigenvalue weighted by molar-refractivity contribution is 6.08. The molecule has 0 aromatic heterocycles. The number of Topliss-reactive ketones (excluding diaryl/α,β-unsaturated/α-hetero) is 1. The lowest BCUT2D eigenvalue weighted by Crippen LogP contribution is -2.36. The van der Waals surface area contributed by atoms with Gasteiger partial charge < -0.3 is 5.11 Å². The van der Waals surface area contributed by atoms with Gasteiger partial charge in [0.1, 0.15) is 0 Å². The number of aliphatic imine (C=N–C) groups is 1. The van der Waals surface area contributed by atoms with Gasteiger partial charge in [0, 0.05) is 11.8 Å². The van der Waals surface area contributed by atoms with Gasteiger partial charge >= 0.3 is 5.97 Å². The van der Waals surface area contributed by atoms with Crippen molar-refractivity contribution in [3.05, 3.63) is 82.4 Å². The van der Waals surface area contributed by atoms with Gasteiger partial charge in [-0.3, -0.25) is 9.79 Å². The van der Waals surface area contributed by atoms with Crippen LogP contribution in [0, 0.1) is 0 Å². The monoisotopic (exact) mass is 401 g/mol. The Hall–Kier alpha value is -3.01. The molecule has 1 unspecified atom stereocenters. The largest absolute Gasteiger partial charge is 0.478 e. The Labute approximate surface area is 177 Å². The van der Waals surface area contributed by atoms with E-state index in [1.165, 1.54) is 23.3 Å². The third kappa shape index (κ3) is 3.11. The average molecular weight is 402 g/mol. The first kappa shape index (κ1) is 20.3. The average Bonchev–Trinajstić information content (AvgIpc) is 3.22. The Balaban J connectivity index is 1.82. The summed E-state index contributed by atoms with van der Waals surface area (Å²) in [7, 11) is 0. The summed E-state index contributed by atoms with van der Waals surface area (Å²) in [6.07, 6.45) is 7.52. The number of nitrogens with zero attached hydrogens (tertiary/aromatic N) is 1. The molecule has 30 heavy (non-hydrogen) atoms. The molecule has 4 nitrogen and oxygen atoms in total. The highest BCUT2D eigenvalue weighted by Gasteiger charge is 2.42. The van der Waals surface area contributed by atoms with Crippen LogP contribution in [0.4, 0.5) is 0 Å². The second-order valence-corrected chi connectivity index (χ2v) is 9.64. The Bertz CT molecular complexity index is 1080. The number of carboxylic acid groups (broad SMARTS) is 1. The van der Waals surface area contributed by atoms with Crippen molar-refractivity contribution in [2.45, 2.75) is 56.9 Å². The zero-order chi connectivity index (χ0) is 21.7. The molecule has 0 bridgehead atoms. The number of hydrogen-bond acceptors (Lipinski definition) is 3. The molecule has 4 heteroatoms. The molecule has 2 aromatic rings. The van der Waals surface area contributed by atoms with Crippen molar-refractivity contribution in [2.24, 2.45) is 4.99 Å². The SMILES string of the molecule is CC1(C)CCC(C)(C)c2cc(C3(C(=O)c4ccc(C(=O)O)cc4)C=CC=N3)ccc21. The van der Waals surface area contributed by atoms with E-state index in [9.17, 15) is 9.59 Å². The minimum atomic E-state index is -1.11. The van der Waals surface area contributed by atoms with E-state index < -0.39 is 11.5 Å². The first-order valence-electron chi connectivity index (χ1n) is 10.3. The fraction of sp³-hybridized carbons (Fsp3) is 0.346. The maximum absolute atomic E-state index is 13.6. The molecule has 0 fully saturated rings. The van der Waals surface area contributed by atoms with Crippen LogP contribution in [0.1, 0.15) is 77.9 Å². The quantitative estimate of drug-likeness (QED) is 0.693. The fourth-order valence-electron chi connectivity index (χ4n) is 4.63. The number of benzene rings is 2. The van der Waals surface area contributed by atoms with Gasteiger partial charge in [-0.25, -0.2) is 4.79 Å². The lowest BCUT2D eigenvalue weighted by Gasteiger charge is -2.42. The minimum Gasteiger partial charge on any atom is -0.478 e. The van der Waals surface area contributed by atoms with E-state index in [-0.39, 0.29) is 22.2 Å². The predicted molar refractivity (Wildman–Crippen MR) is 119 cm³/mol. The van der Waals surface area contributed by atoms with E-state index in [2.05, 4.69) is 44.8 Å². The van der Waals surface area contributed by atoms with Crippen molar-refractivity contribution < 1.29 is 14.7 Å². The maximum Gasteiger partial charge on any atom is 0.335 e. The Morgan fingerprint density at radius 1 is 0.867 bits per heavy atom. The normalized spacial score (nSPS) is 23.2. The van der Waals surface area contributed by atoms with Crippen LogP contribution >= 0.6 is 0 Å². The Morgan fingerprint density at radius 2 is 1.47 bits per heavy atom. The second kappa shape index (κ2) is 6.76. The minimum absolute atomic E-state index is 0.0280. The van der Waals surface area contributed by atoms with Gasteiger partial charge in [-0.05, 0) is 64.6 Å². The predicted octanol–water partition coefficient (Wildman–Crippen LogP) is 5.45. The summed E-state index contributed by atoms with van der Waals surface area (Å²) in [6.45, 7) is 9.08. The number of ketones is 1. The van der Waals surface area contributed by atoms with Crippen molar-refractivity contribution >= 4 is 18.0 Å². The summed E-state index contributed by atoms with van der Waals surface area (Å²) in [6, 6.07) is 12.4. The second-order valence-electron chi connectivity index (χ2n) is 9.64. The van der Waals surface area contributed by atoms with Gasteiger partial charge in [-0.1, -0.05) is 58.0 Å². The summed E-state index contributed by atoms with van der Waals surface area (Å²) in [5.74, 6) is -1.17. The molecular weight excluding hydrogens is 374 g/mol. The number of carboxylic acids is 1. The first-order chi connectivity index (χ1) is 14.1. The van der Waals surface area contributed by atoms with Crippen molar-refractivity contribution in [1.29, 1.82) is 0 Å². The molecule has 154 valence electrons. The molecular formula is C26H27NO3. The molecule has 2 aliphatic rings. The molecule has 1 N–H and O–H groups in total. The van der Waals surface area contributed by atoms with Crippen LogP contribution in [-0.2, 0) is 16.4 Å². The molecule has 1 aliphatic heterocycles. The van der Waals surface area contributed by atoms with Crippen LogP contribution in [0.5, 0.6) is 0 Å². The molecule has 4 rings (SSSR count). The van der Waals surface area contributed by atoms with Gasteiger partial charge in [0.05, 0.1) is 5.56 Å². The summed E-state index contributed by atoms with van der Waals surface area (Å²) in [5, 5.41) is 9.14. The van der Waals surface area contributed by atoms with Crippen LogP contribution in [0.25, 0.3) is 0 Å². The van der Waals surface area contributed by atoms with E-state index in [0.717, 1.165) is 18.4 Å². The standard InChI is InChI=1S/C26H27NO3/c1-24(2)13-14-25(3,4)21-16-19(10-11-20(21)24)26(12-5-15-27-26)22(28)17-6-8-18(9-7-17)23(29)30/h5-12,15-16H,13-14H2,1-4H3,(H,29,30). The van der Waals surface area contributed by atoms with Crippen molar-refractivity contribution in [3.8, 4) is 0 Å². The number of carbonyl (C=O) groups is 2. The lowest BCUT2D eigenvalue weighted by atomic mass is 9.62. The van der Waals surface area contributed by atoms with Gasteiger partial charge in [0.2, 0.25) is 0 Å². The molecule has 1 aliphatic carbocycles. The Morgan fingerprint density at radius 3 is 2.03 bits per heavy atom. The van der Waals surface area contributed by atoms with Crippen molar-refractivity contribution in [1.82, 2.24) is 0 Å². The number of aromatic carboxylic acids is 1. The van der Waals surface area contributed by atoms with Crippen LogP contribution < -0.4 is 0 Å². The van der Waals surface area contributed by atoms with Crippen LogP contribution in [0.15, 0.2) is 59.6 Å². The smallest absolute Gasteiger partial charge is 0.335 e. The van der Waals surface area contributed by atoms with E-state index in [1.54, 1.807) is 24.4 Å². The molecule has 2 aromatic carbocycles. The topological polar surface area (TPSA) is 66.7 Å². The number of rotatable bonds is 4. The van der Waals surface area contributed by atoms with E-state index in [0.29, 0.717) is 5.56 Å². The van der Waals surface area contributed by atoms with Crippen molar-refractivity contribution in [3.63, 3.8) is 0 Å². The Kier molecular flexibility index (Phi) is 4.57. The van der Waals surface area contributed by atoms with Crippen LogP contribution in [-0.4, -0.2) is 23.1 Å². The van der Waals surface area contributed by atoms with Gasteiger partial charge in [-0.2, -0.15) is 0 Å². The van der Waals surface area contributed by atoms with Gasteiger partial charge in [-0.15, -0.1) is 0 Å². The number of fused-ring (bicyclic) bond motifs is 1. The fourth-order valence-corrected chi connectivity index (χ4v) is 4.63. The third-order valence-electron chi connectivity index (χ3n) is 6.73. The maximum atomic E-state index is 13.6. The van der Waals surface area contributed by atoms with Gasteiger partial charge in [0.15, 0.2) is 11.3 Å². The van der Waals surface area contributed by atoms with E-state index in [1.807, 2.05) is 12.1 Å². The molecule has 0 saturated carbocycles. The van der Waals surface area contributed by atoms with Crippen LogP contribution in [0.2, 0.25) is 0 Å². The molecule has 0 spiro atoms.